The van der Waals surface area contributed by atoms with E-state index in [-0.39, 0.29) is 6.61 Å². The van der Waals surface area contributed by atoms with Crippen LogP contribution in [0, 0.1) is 0 Å². The molecule has 1 rings (SSSR count). The number of hydrogen-bond acceptors (Lipinski definition) is 2. The predicted octanol–water partition coefficient (Wildman–Crippen LogP) is 0.449. The molecule has 2 nitrogen and oxygen atoms in total. The van der Waals surface area contributed by atoms with Gasteiger partial charge < -0.3 is 9.84 Å². The van der Waals surface area contributed by atoms with E-state index in [1.165, 1.54) is 0 Å². The molecule has 0 radical (unpaired) electrons. The fraction of sp³-hybridized carbons (Fsp3) is 0.333. The van der Waals surface area contributed by atoms with Gasteiger partial charge in [0.2, 0.25) is 0 Å². The van der Waals surface area contributed by atoms with Crippen LogP contribution in [-0.2, 0) is 4.74 Å². The lowest BCUT2D eigenvalue weighted by molar-refractivity contribution is 0.244. The topological polar surface area (TPSA) is 29.5 Å². The Labute approximate surface area is 48.1 Å². The molecular formula is C6H8O2. The monoisotopic (exact) mass is 112 g/mol. The summed E-state index contributed by atoms with van der Waals surface area (Å²) in [6.45, 7) is 0.636. The first kappa shape index (κ1) is 5.38. The zero-order valence-corrected chi connectivity index (χ0v) is 4.50. The maximum Gasteiger partial charge on any atom is 0.111 e. The van der Waals surface area contributed by atoms with Gasteiger partial charge in [-0.1, -0.05) is 6.08 Å². The first-order valence-electron chi connectivity index (χ1n) is 2.50. The molecule has 0 saturated carbocycles. The third-order valence-corrected chi connectivity index (χ3v) is 0.979. The van der Waals surface area contributed by atoms with E-state index in [4.69, 9.17) is 9.84 Å². The first-order valence-corrected chi connectivity index (χ1v) is 2.50. The van der Waals surface area contributed by atoms with E-state index in [2.05, 4.69) is 0 Å². The quantitative estimate of drug-likeness (QED) is 0.533. The van der Waals surface area contributed by atoms with Gasteiger partial charge in [-0.25, -0.2) is 0 Å². The van der Waals surface area contributed by atoms with Crippen molar-refractivity contribution < 1.29 is 9.84 Å². The fourth-order valence-corrected chi connectivity index (χ4v) is 0.533. The molecule has 0 saturated heterocycles. The van der Waals surface area contributed by atoms with Crippen molar-refractivity contribution in [3.05, 3.63) is 24.0 Å². The SMILES string of the molecule is OCC1=CC=COC1. The highest BCUT2D eigenvalue weighted by atomic mass is 16.5. The van der Waals surface area contributed by atoms with Crippen LogP contribution in [-0.4, -0.2) is 18.3 Å². The Balaban J connectivity index is 2.50. The van der Waals surface area contributed by atoms with Gasteiger partial charge in [-0.15, -0.1) is 0 Å². The average Bonchev–Trinajstić information content (AvgIpc) is 1.90. The van der Waals surface area contributed by atoms with Gasteiger partial charge in [-0.05, 0) is 11.6 Å². The third kappa shape index (κ3) is 1.10. The van der Waals surface area contributed by atoms with E-state index in [1.54, 1.807) is 12.3 Å². The van der Waals surface area contributed by atoms with Gasteiger partial charge in [0.25, 0.3) is 0 Å². The normalized spacial score (nSPS) is 17.4. The lowest BCUT2D eigenvalue weighted by atomic mass is 10.2. The molecule has 0 aromatic carbocycles. The van der Waals surface area contributed by atoms with Gasteiger partial charge in [0.15, 0.2) is 0 Å². The fourth-order valence-electron chi connectivity index (χ4n) is 0.533. The Morgan fingerprint density at radius 3 is 3.00 bits per heavy atom. The average molecular weight is 112 g/mol. The van der Waals surface area contributed by atoms with E-state index in [9.17, 15) is 0 Å². The number of aliphatic hydroxyl groups is 1. The van der Waals surface area contributed by atoms with Crippen LogP contribution in [0.4, 0.5) is 0 Å². The van der Waals surface area contributed by atoms with Crippen molar-refractivity contribution in [3.8, 4) is 0 Å². The molecule has 1 aliphatic rings. The number of aliphatic hydroxyl groups excluding tert-OH is 1. The molecule has 0 spiro atoms. The van der Waals surface area contributed by atoms with E-state index >= 15 is 0 Å². The summed E-state index contributed by atoms with van der Waals surface area (Å²) in [6.07, 6.45) is 5.23. The van der Waals surface area contributed by atoms with Crippen molar-refractivity contribution in [2.24, 2.45) is 0 Å². The summed E-state index contributed by atoms with van der Waals surface area (Å²) in [4.78, 5) is 0. The summed E-state index contributed by atoms with van der Waals surface area (Å²) >= 11 is 0. The van der Waals surface area contributed by atoms with Crippen molar-refractivity contribution in [1.29, 1.82) is 0 Å². The zero-order valence-electron chi connectivity index (χ0n) is 4.50. The number of ether oxygens (including phenoxy) is 1. The lowest BCUT2D eigenvalue weighted by Gasteiger charge is -2.05. The second-order valence-corrected chi connectivity index (χ2v) is 1.62. The van der Waals surface area contributed by atoms with Crippen molar-refractivity contribution >= 4 is 0 Å². The Hall–Kier alpha value is -0.760. The first-order chi connectivity index (χ1) is 3.93. The molecule has 2 heteroatoms. The van der Waals surface area contributed by atoms with Crippen LogP contribution in [0.2, 0.25) is 0 Å². The molecule has 44 valence electrons. The zero-order chi connectivity index (χ0) is 5.82. The number of hydrogen-bond donors (Lipinski definition) is 1. The van der Waals surface area contributed by atoms with Crippen molar-refractivity contribution in [2.75, 3.05) is 13.2 Å². The van der Waals surface area contributed by atoms with Crippen molar-refractivity contribution in [3.63, 3.8) is 0 Å². The standard InChI is InChI=1S/C6H8O2/c7-4-6-2-1-3-8-5-6/h1-3,7H,4-5H2. The van der Waals surface area contributed by atoms with Crippen LogP contribution in [0.25, 0.3) is 0 Å². The van der Waals surface area contributed by atoms with E-state index < -0.39 is 0 Å². The molecule has 0 unspecified atom stereocenters. The Bertz CT molecular complexity index is 124. The minimum absolute atomic E-state index is 0.102. The molecule has 1 aliphatic heterocycles. The summed E-state index contributed by atoms with van der Waals surface area (Å²) < 4.78 is 4.86. The molecule has 1 N–H and O–H groups in total. The van der Waals surface area contributed by atoms with Gasteiger partial charge >= 0.3 is 0 Å². The molecule has 0 atom stereocenters. The Morgan fingerprint density at radius 1 is 1.75 bits per heavy atom. The molecule has 0 aromatic rings. The lowest BCUT2D eigenvalue weighted by Crippen LogP contribution is -2.00. The Morgan fingerprint density at radius 2 is 2.62 bits per heavy atom. The molecular weight excluding hydrogens is 104 g/mol. The molecule has 8 heavy (non-hydrogen) atoms. The molecule has 0 fully saturated rings. The largest absolute Gasteiger partial charge is 0.497 e. The molecule has 1 heterocycles. The van der Waals surface area contributed by atoms with Crippen LogP contribution < -0.4 is 0 Å². The molecule has 0 bridgehead atoms. The highest BCUT2D eigenvalue weighted by Crippen LogP contribution is 2.00. The minimum atomic E-state index is 0.102. The summed E-state index contributed by atoms with van der Waals surface area (Å²) in [5.41, 5.74) is 0.924. The van der Waals surface area contributed by atoms with E-state index in [0.29, 0.717) is 6.61 Å². The smallest absolute Gasteiger partial charge is 0.111 e. The third-order valence-electron chi connectivity index (χ3n) is 0.979. The predicted molar refractivity (Wildman–Crippen MR) is 30.3 cm³/mol. The Kier molecular flexibility index (Phi) is 1.70. The van der Waals surface area contributed by atoms with Gasteiger partial charge in [0.1, 0.15) is 6.61 Å². The highest BCUT2D eigenvalue weighted by Gasteiger charge is 1.94. The van der Waals surface area contributed by atoms with Gasteiger partial charge in [0, 0.05) is 0 Å². The molecule has 0 aliphatic carbocycles. The van der Waals surface area contributed by atoms with E-state index in [0.717, 1.165) is 5.57 Å². The minimum Gasteiger partial charge on any atom is -0.497 e. The second-order valence-electron chi connectivity index (χ2n) is 1.62. The van der Waals surface area contributed by atoms with Crippen molar-refractivity contribution in [2.45, 2.75) is 0 Å². The number of allylic oxidation sites excluding steroid dienone is 2. The van der Waals surface area contributed by atoms with E-state index in [1.807, 2.05) is 6.08 Å². The summed E-state index contributed by atoms with van der Waals surface area (Å²) in [5.74, 6) is 0. The van der Waals surface area contributed by atoms with Crippen molar-refractivity contribution in [1.82, 2.24) is 0 Å². The maximum absolute atomic E-state index is 8.51. The number of rotatable bonds is 1. The van der Waals surface area contributed by atoms with Crippen LogP contribution >= 0.6 is 0 Å². The second kappa shape index (κ2) is 2.52. The molecule has 0 aromatic heterocycles. The van der Waals surface area contributed by atoms with Crippen LogP contribution in [0.3, 0.4) is 0 Å². The van der Waals surface area contributed by atoms with Crippen LogP contribution in [0.1, 0.15) is 0 Å². The summed E-state index contributed by atoms with van der Waals surface area (Å²) in [6, 6.07) is 0. The van der Waals surface area contributed by atoms with Gasteiger partial charge in [-0.3, -0.25) is 0 Å². The summed E-state index contributed by atoms with van der Waals surface area (Å²) in [5, 5.41) is 8.51. The van der Waals surface area contributed by atoms with Crippen LogP contribution in [0.15, 0.2) is 24.0 Å². The maximum atomic E-state index is 8.51. The van der Waals surface area contributed by atoms with Gasteiger partial charge in [-0.2, -0.15) is 0 Å². The summed E-state index contributed by atoms with van der Waals surface area (Å²) in [7, 11) is 0. The van der Waals surface area contributed by atoms with Crippen LogP contribution in [0.5, 0.6) is 0 Å². The molecule has 0 amide bonds. The van der Waals surface area contributed by atoms with Gasteiger partial charge in [0.05, 0.1) is 12.9 Å². The highest BCUT2D eigenvalue weighted by molar-refractivity contribution is 5.14.